The molecule has 6 nitrogen and oxygen atoms in total. The summed E-state index contributed by atoms with van der Waals surface area (Å²) in [6.07, 6.45) is 1.06. The van der Waals surface area contributed by atoms with Crippen LogP contribution in [0.25, 0.3) is 0 Å². The fraction of sp³-hybridized carbons (Fsp3) is 0.429. The average Bonchev–Trinajstić information content (AvgIpc) is 2.92. The quantitative estimate of drug-likeness (QED) is 0.818. The summed E-state index contributed by atoms with van der Waals surface area (Å²) in [6.45, 7) is 0.423. The monoisotopic (exact) mass is 277 g/mol. The third-order valence-electron chi connectivity index (χ3n) is 3.03. The number of methoxy groups -OCH3 is 2. The van der Waals surface area contributed by atoms with Gasteiger partial charge in [0, 0.05) is 20.1 Å². The maximum atomic E-state index is 5.56. The van der Waals surface area contributed by atoms with E-state index in [1.165, 1.54) is 0 Å². The number of nitrogens with two attached hydrogens (primary N) is 1. The van der Waals surface area contributed by atoms with Gasteiger partial charge in [-0.3, -0.25) is 0 Å². The van der Waals surface area contributed by atoms with Crippen LogP contribution in [0, 0.1) is 0 Å². The molecule has 0 aliphatic rings. The van der Waals surface area contributed by atoms with Crippen molar-refractivity contribution in [1.82, 2.24) is 10.1 Å². The van der Waals surface area contributed by atoms with Gasteiger partial charge in [0.1, 0.15) is 5.75 Å². The van der Waals surface area contributed by atoms with Crippen LogP contribution in [0.5, 0.6) is 5.75 Å². The van der Waals surface area contributed by atoms with Crippen LogP contribution in [0.15, 0.2) is 28.8 Å². The molecule has 0 spiro atoms. The summed E-state index contributed by atoms with van der Waals surface area (Å²) in [6, 6.07) is 7.77. The highest BCUT2D eigenvalue weighted by molar-refractivity contribution is 5.28. The van der Waals surface area contributed by atoms with E-state index in [0.29, 0.717) is 31.1 Å². The topological polar surface area (TPSA) is 83.4 Å². The van der Waals surface area contributed by atoms with Gasteiger partial charge in [0.05, 0.1) is 19.6 Å². The lowest BCUT2D eigenvalue weighted by Crippen LogP contribution is -2.24. The SMILES string of the molecule is COc1ccc(Cc2noc(CC(CN)OC)n2)cc1. The normalized spacial score (nSPS) is 12.3. The molecule has 1 atom stereocenters. The maximum absolute atomic E-state index is 5.56. The zero-order chi connectivity index (χ0) is 14.4. The van der Waals surface area contributed by atoms with Gasteiger partial charge < -0.3 is 19.7 Å². The molecule has 20 heavy (non-hydrogen) atoms. The maximum Gasteiger partial charge on any atom is 0.229 e. The smallest absolute Gasteiger partial charge is 0.229 e. The van der Waals surface area contributed by atoms with Crippen LogP contribution in [0.4, 0.5) is 0 Å². The van der Waals surface area contributed by atoms with E-state index < -0.39 is 0 Å². The lowest BCUT2D eigenvalue weighted by atomic mass is 10.1. The summed E-state index contributed by atoms with van der Waals surface area (Å²) < 4.78 is 15.5. The number of aromatic nitrogens is 2. The molecule has 108 valence electrons. The Morgan fingerprint density at radius 2 is 2.00 bits per heavy atom. The van der Waals surface area contributed by atoms with Gasteiger partial charge in [-0.1, -0.05) is 17.3 Å². The predicted octanol–water partition coefficient (Wildman–Crippen LogP) is 1.19. The molecule has 1 aromatic heterocycles. The molecule has 2 rings (SSSR count). The predicted molar refractivity (Wildman–Crippen MR) is 73.7 cm³/mol. The molecule has 0 aliphatic carbocycles. The van der Waals surface area contributed by atoms with Crippen molar-refractivity contribution in [2.24, 2.45) is 5.73 Å². The molecule has 0 bridgehead atoms. The van der Waals surface area contributed by atoms with Crippen LogP contribution in [-0.2, 0) is 17.6 Å². The molecule has 1 heterocycles. The molecule has 0 aliphatic heterocycles. The van der Waals surface area contributed by atoms with Crippen molar-refractivity contribution < 1.29 is 14.0 Å². The van der Waals surface area contributed by atoms with E-state index in [1.54, 1.807) is 14.2 Å². The molecule has 0 saturated carbocycles. The third-order valence-corrected chi connectivity index (χ3v) is 3.03. The summed E-state index contributed by atoms with van der Waals surface area (Å²) in [7, 11) is 3.26. The average molecular weight is 277 g/mol. The van der Waals surface area contributed by atoms with Crippen LogP contribution in [0.1, 0.15) is 17.3 Å². The van der Waals surface area contributed by atoms with Crippen molar-refractivity contribution in [3.63, 3.8) is 0 Å². The number of hydrogen-bond donors (Lipinski definition) is 1. The first-order valence-electron chi connectivity index (χ1n) is 6.42. The summed E-state index contributed by atoms with van der Waals surface area (Å²) in [5.74, 6) is 2.02. The second-order valence-corrected chi connectivity index (χ2v) is 4.43. The van der Waals surface area contributed by atoms with Crippen LogP contribution >= 0.6 is 0 Å². The fourth-order valence-corrected chi connectivity index (χ4v) is 1.83. The van der Waals surface area contributed by atoms with Gasteiger partial charge in [-0.2, -0.15) is 4.98 Å². The van der Waals surface area contributed by atoms with Crippen molar-refractivity contribution in [2.45, 2.75) is 18.9 Å². The Bertz CT molecular complexity index is 521. The van der Waals surface area contributed by atoms with E-state index in [-0.39, 0.29) is 6.10 Å². The zero-order valence-electron chi connectivity index (χ0n) is 11.7. The number of rotatable bonds is 7. The minimum atomic E-state index is -0.0933. The number of benzene rings is 1. The van der Waals surface area contributed by atoms with Crippen molar-refractivity contribution in [3.8, 4) is 5.75 Å². The molecular formula is C14H19N3O3. The van der Waals surface area contributed by atoms with Crippen molar-refractivity contribution in [1.29, 1.82) is 0 Å². The van der Waals surface area contributed by atoms with Gasteiger partial charge in [-0.15, -0.1) is 0 Å². The van der Waals surface area contributed by atoms with Crippen molar-refractivity contribution in [3.05, 3.63) is 41.5 Å². The van der Waals surface area contributed by atoms with E-state index in [0.717, 1.165) is 11.3 Å². The van der Waals surface area contributed by atoms with Gasteiger partial charge in [0.2, 0.25) is 5.89 Å². The molecule has 2 N–H and O–H groups in total. The van der Waals surface area contributed by atoms with E-state index in [2.05, 4.69) is 10.1 Å². The highest BCUT2D eigenvalue weighted by atomic mass is 16.5. The molecule has 0 amide bonds. The third kappa shape index (κ3) is 3.79. The minimum absolute atomic E-state index is 0.0933. The second kappa shape index (κ2) is 7.02. The highest BCUT2D eigenvalue weighted by Gasteiger charge is 2.13. The Morgan fingerprint density at radius 3 is 2.60 bits per heavy atom. The van der Waals surface area contributed by atoms with Crippen LogP contribution in [-0.4, -0.2) is 37.0 Å². The van der Waals surface area contributed by atoms with Crippen LogP contribution < -0.4 is 10.5 Å². The Labute approximate surface area is 117 Å². The standard InChI is InChI=1S/C14H19N3O3/c1-18-11-5-3-10(4-6-11)7-13-16-14(20-17-13)8-12(9-15)19-2/h3-6,12H,7-9,15H2,1-2H3. The van der Waals surface area contributed by atoms with E-state index >= 15 is 0 Å². The Kier molecular flexibility index (Phi) is 5.09. The Balaban J connectivity index is 1.97. The first-order chi connectivity index (χ1) is 9.75. The first-order valence-corrected chi connectivity index (χ1v) is 6.42. The summed E-state index contributed by atoms with van der Waals surface area (Å²) in [5, 5.41) is 3.96. The number of ether oxygens (including phenoxy) is 2. The van der Waals surface area contributed by atoms with Crippen LogP contribution in [0.2, 0.25) is 0 Å². The summed E-state index contributed by atoms with van der Waals surface area (Å²) in [5.41, 5.74) is 6.66. The van der Waals surface area contributed by atoms with Crippen molar-refractivity contribution in [2.75, 3.05) is 20.8 Å². The molecular weight excluding hydrogens is 258 g/mol. The van der Waals surface area contributed by atoms with Gasteiger partial charge in [0.15, 0.2) is 5.82 Å². The summed E-state index contributed by atoms with van der Waals surface area (Å²) >= 11 is 0. The van der Waals surface area contributed by atoms with Gasteiger partial charge >= 0.3 is 0 Å². The van der Waals surface area contributed by atoms with E-state index in [9.17, 15) is 0 Å². The van der Waals surface area contributed by atoms with Crippen molar-refractivity contribution >= 4 is 0 Å². The molecule has 1 aromatic carbocycles. The first kappa shape index (κ1) is 14.5. The molecule has 1 unspecified atom stereocenters. The highest BCUT2D eigenvalue weighted by Crippen LogP contribution is 2.14. The van der Waals surface area contributed by atoms with Gasteiger partial charge in [0.25, 0.3) is 0 Å². The molecule has 2 aromatic rings. The molecule has 6 heteroatoms. The fourth-order valence-electron chi connectivity index (χ4n) is 1.83. The largest absolute Gasteiger partial charge is 0.497 e. The van der Waals surface area contributed by atoms with E-state index in [1.807, 2.05) is 24.3 Å². The lowest BCUT2D eigenvalue weighted by Gasteiger charge is -2.08. The Morgan fingerprint density at radius 1 is 1.25 bits per heavy atom. The molecule has 0 radical (unpaired) electrons. The molecule has 0 saturated heterocycles. The zero-order valence-corrected chi connectivity index (χ0v) is 11.7. The Hall–Kier alpha value is -1.92. The molecule has 0 fully saturated rings. The summed E-state index contributed by atoms with van der Waals surface area (Å²) in [4.78, 5) is 4.34. The van der Waals surface area contributed by atoms with Gasteiger partial charge in [-0.25, -0.2) is 0 Å². The second-order valence-electron chi connectivity index (χ2n) is 4.43. The minimum Gasteiger partial charge on any atom is -0.497 e. The van der Waals surface area contributed by atoms with Gasteiger partial charge in [-0.05, 0) is 17.7 Å². The van der Waals surface area contributed by atoms with Crippen LogP contribution in [0.3, 0.4) is 0 Å². The lowest BCUT2D eigenvalue weighted by molar-refractivity contribution is 0.102. The number of nitrogens with zero attached hydrogens (tertiary/aromatic N) is 2. The number of hydrogen-bond acceptors (Lipinski definition) is 6. The van der Waals surface area contributed by atoms with E-state index in [4.69, 9.17) is 19.7 Å².